The van der Waals surface area contributed by atoms with Gasteiger partial charge in [0.05, 0.1) is 0 Å². The summed E-state index contributed by atoms with van der Waals surface area (Å²) in [7, 11) is 0. The second-order valence-electron chi connectivity index (χ2n) is 5.16. The first-order valence-electron chi connectivity index (χ1n) is 6.26. The Bertz CT molecular complexity index is 364. The monoisotopic (exact) mass is 229 g/mol. The lowest BCUT2D eigenvalue weighted by molar-refractivity contribution is 0.636. The minimum atomic E-state index is -0.0299. The van der Waals surface area contributed by atoms with Crippen LogP contribution in [0.25, 0.3) is 0 Å². The fourth-order valence-electron chi connectivity index (χ4n) is 1.83. The quantitative estimate of drug-likeness (QED) is 0.511. The SMILES string of the molecule is C=CCC(C)(C=NCC(C)C)c1ccccc1. The first-order chi connectivity index (χ1) is 8.08. The molecule has 0 aliphatic carbocycles. The summed E-state index contributed by atoms with van der Waals surface area (Å²) in [5.41, 5.74) is 1.27. The van der Waals surface area contributed by atoms with Gasteiger partial charge in [0.2, 0.25) is 0 Å². The van der Waals surface area contributed by atoms with Gasteiger partial charge in [0, 0.05) is 18.2 Å². The van der Waals surface area contributed by atoms with Gasteiger partial charge < -0.3 is 0 Å². The molecule has 0 spiro atoms. The van der Waals surface area contributed by atoms with Crippen molar-refractivity contribution in [3.8, 4) is 0 Å². The summed E-state index contributed by atoms with van der Waals surface area (Å²) in [5.74, 6) is 0.606. The fraction of sp³-hybridized carbons (Fsp3) is 0.438. The molecule has 92 valence electrons. The molecule has 0 amide bonds. The normalized spacial score (nSPS) is 15.1. The number of aliphatic imine (C=N–C) groups is 1. The molecule has 17 heavy (non-hydrogen) atoms. The topological polar surface area (TPSA) is 12.4 Å². The second-order valence-corrected chi connectivity index (χ2v) is 5.16. The number of rotatable bonds is 6. The molecule has 0 fully saturated rings. The number of hydrogen-bond acceptors (Lipinski definition) is 1. The van der Waals surface area contributed by atoms with Crippen LogP contribution in [0.5, 0.6) is 0 Å². The van der Waals surface area contributed by atoms with E-state index in [1.165, 1.54) is 5.56 Å². The van der Waals surface area contributed by atoms with E-state index in [1.807, 2.05) is 12.1 Å². The van der Waals surface area contributed by atoms with Crippen LogP contribution in [0.1, 0.15) is 32.8 Å². The van der Waals surface area contributed by atoms with E-state index in [4.69, 9.17) is 0 Å². The summed E-state index contributed by atoms with van der Waals surface area (Å²) in [6.07, 6.45) is 4.97. The van der Waals surface area contributed by atoms with Gasteiger partial charge in [-0.1, -0.05) is 57.2 Å². The largest absolute Gasteiger partial charge is 0.296 e. The first-order valence-corrected chi connectivity index (χ1v) is 6.26. The Morgan fingerprint density at radius 2 is 1.94 bits per heavy atom. The molecule has 1 unspecified atom stereocenters. The van der Waals surface area contributed by atoms with Crippen LogP contribution in [0.15, 0.2) is 48.0 Å². The average Bonchev–Trinajstić information content (AvgIpc) is 2.30. The maximum atomic E-state index is 4.57. The van der Waals surface area contributed by atoms with Crippen LogP contribution in [0.4, 0.5) is 0 Å². The summed E-state index contributed by atoms with van der Waals surface area (Å²) in [4.78, 5) is 4.57. The molecule has 1 aromatic rings. The number of nitrogens with zero attached hydrogens (tertiary/aromatic N) is 1. The molecule has 1 aromatic carbocycles. The first kappa shape index (κ1) is 13.7. The summed E-state index contributed by atoms with van der Waals surface area (Å²) >= 11 is 0. The highest BCUT2D eigenvalue weighted by atomic mass is 14.7. The maximum Gasteiger partial charge on any atom is 0.0408 e. The van der Waals surface area contributed by atoms with E-state index in [0.29, 0.717) is 5.92 Å². The van der Waals surface area contributed by atoms with Crippen molar-refractivity contribution in [1.82, 2.24) is 0 Å². The zero-order valence-electron chi connectivity index (χ0n) is 11.2. The van der Waals surface area contributed by atoms with Crippen molar-refractivity contribution in [3.63, 3.8) is 0 Å². The minimum absolute atomic E-state index is 0.0299. The molecule has 0 bridgehead atoms. The zero-order chi connectivity index (χ0) is 12.7. The van der Waals surface area contributed by atoms with Gasteiger partial charge in [-0.25, -0.2) is 0 Å². The van der Waals surface area contributed by atoms with Crippen LogP contribution in [0, 0.1) is 5.92 Å². The van der Waals surface area contributed by atoms with E-state index in [9.17, 15) is 0 Å². The van der Waals surface area contributed by atoms with E-state index in [2.05, 4.69) is 62.8 Å². The van der Waals surface area contributed by atoms with E-state index in [-0.39, 0.29) is 5.41 Å². The van der Waals surface area contributed by atoms with Crippen LogP contribution in [-0.4, -0.2) is 12.8 Å². The van der Waals surface area contributed by atoms with E-state index < -0.39 is 0 Å². The average molecular weight is 229 g/mol. The minimum Gasteiger partial charge on any atom is -0.296 e. The van der Waals surface area contributed by atoms with Gasteiger partial charge in [0.15, 0.2) is 0 Å². The molecule has 0 radical (unpaired) electrons. The summed E-state index contributed by atoms with van der Waals surface area (Å²) in [5, 5.41) is 0. The zero-order valence-corrected chi connectivity index (χ0v) is 11.2. The summed E-state index contributed by atoms with van der Waals surface area (Å²) < 4.78 is 0. The van der Waals surface area contributed by atoms with E-state index in [1.54, 1.807) is 0 Å². The molecule has 0 heterocycles. The molecular formula is C16H23N. The van der Waals surface area contributed by atoms with Crippen LogP contribution in [0.2, 0.25) is 0 Å². The highest BCUT2D eigenvalue weighted by Gasteiger charge is 2.22. The molecular weight excluding hydrogens is 206 g/mol. The van der Waals surface area contributed by atoms with Crippen LogP contribution < -0.4 is 0 Å². The van der Waals surface area contributed by atoms with Gasteiger partial charge in [-0.15, -0.1) is 6.58 Å². The Labute approximate surface area is 105 Å². The Balaban J connectivity index is 2.89. The number of hydrogen-bond donors (Lipinski definition) is 0. The lowest BCUT2D eigenvalue weighted by atomic mass is 9.80. The third-order valence-electron chi connectivity index (χ3n) is 2.85. The van der Waals surface area contributed by atoms with Crippen molar-refractivity contribution >= 4 is 6.21 Å². The van der Waals surface area contributed by atoms with Crippen molar-refractivity contribution in [2.75, 3.05) is 6.54 Å². The molecule has 0 aliphatic heterocycles. The molecule has 1 heteroatoms. The van der Waals surface area contributed by atoms with Crippen LogP contribution in [-0.2, 0) is 5.41 Å². The predicted molar refractivity (Wildman–Crippen MR) is 76.8 cm³/mol. The van der Waals surface area contributed by atoms with E-state index >= 15 is 0 Å². The van der Waals surface area contributed by atoms with Crippen molar-refractivity contribution < 1.29 is 0 Å². The number of benzene rings is 1. The lowest BCUT2D eigenvalue weighted by Gasteiger charge is -2.24. The molecule has 1 nitrogen and oxygen atoms in total. The van der Waals surface area contributed by atoms with Crippen LogP contribution >= 0.6 is 0 Å². The van der Waals surface area contributed by atoms with E-state index in [0.717, 1.165) is 13.0 Å². The smallest absolute Gasteiger partial charge is 0.0408 e. The molecule has 1 atom stereocenters. The van der Waals surface area contributed by atoms with Crippen molar-refractivity contribution in [2.45, 2.75) is 32.6 Å². The maximum absolute atomic E-state index is 4.57. The molecule has 1 rings (SSSR count). The van der Waals surface area contributed by atoms with Crippen molar-refractivity contribution in [3.05, 3.63) is 48.6 Å². The Morgan fingerprint density at radius 3 is 2.47 bits per heavy atom. The summed E-state index contributed by atoms with van der Waals surface area (Å²) in [6, 6.07) is 10.5. The molecule has 0 saturated heterocycles. The highest BCUT2D eigenvalue weighted by Crippen LogP contribution is 2.26. The summed E-state index contributed by atoms with van der Waals surface area (Å²) in [6.45, 7) is 11.3. The van der Waals surface area contributed by atoms with Crippen molar-refractivity contribution in [2.24, 2.45) is 10.9 Å². The lowest BCUT2D eigenvalue weighted by Crippen LogP contribution is -2.23. The highest BCUT2D eigenvalue weighted by molar-refractivity contribution is 5.73. The standard InChI is InChI=1S/C16H23N/c1-5-11-16(4,13-17-12-14(2)3)15-9-7-6-8-10-15/h5-10,13-14H,1,11-12H2,2-4H3. The molecule has 0 N–H and O–H groups in total. The van der Waals surface area contributed by atoms with Gasteiger partial charge in [0.25, 0.3) is 0 Å². The Morgan fingerprint density at radius 1 is 1.29 bits per heavy atom. The second kappa shape index (κ2) is 6.39. The van der Waals surface area contributed by atoms with Gasteiger partial charge in [0.1, 0.15) is 0 Å². The molecule has 0 aromatic heterocycles. The predicted octanol–water partition coefficient (Wildman–Crippen LogP) is 4.25. The molecule has 0 saturated carbocycles. The van der Waals surface area contributed by atoms with Gasteiger partial charge in [-0.3, -0.25) is 4.99 Å². The fourth-order valence-corrected chi connectivity index (χ4v) is 1.83. The number of allylic oxidation sites excluding steroid dienone is 1. The van der Waals surface area contributed by atoms with Crippen molar-refractivity contribution in [1.29, 1.82) is 0 Å². The van der Waals surface area contributed by atoms with Gasteiger partial charge >= 0.3 is 0 Å². The van der Waals surface area contributed by atoms with Crippen LogP contribution in [0.3, 0.4) is 0 Å². The third-order valence-corrected chi connectivity index (χ3v) is 2.85. The molecule has 0 aliphatic rings. The third kappa shape index (κ3) is 4.18. The van der Waals surface area contributed by atoms with Gasteiger partial charge in [-0.05, 0) is 17.9 Å². The Kier molecular flexibility index (Phi) is 5.14. The van der Waals surface area contributed by atoms with Gasteiger partial charge in [-0.2, -0.15) is 0 Å². The Hall–Kier alpha value is -1.37.